The lowest BCUT2D eigenvalue weighted by Gasteiger charge is -2.14. The Bertz CT molecular complexity index is 1020. The third kappa shape index (κ3) is 2.94. The molecule has 0 amide bonds. The average molecular weight is 337 g/mol. The Kier molecular flexibility index (Phi) is 3.66. The van der Waals surface area contributed by atoms with Crippen LogP contribution in [-0.4, -0.2) is 24.6 Å². The minimum absolute atomic E-state index is 0.310. The van der Waals surface area contributed by atoms with E-state index in [-0.39, 0.29) is 5.82 Å². The molecule has 0 aliphatic carbocycles. The van der Waals surface area contributed by atoms with Crippen molar-refractivity contribution in [3.63, 3.8) is 0 Å². The molecule has 0 radical (unpaired) electrons. The van der Waals surface area contributed by atoms with Gasteiger partial charge >= 0.3 is 0 Å². The van der Waals surface area contributed by atoms with Crippen LogP contribution in [-0.2, 0) is 0 Å². The van der Waals surface area contributed by atoms with Crippen LogP contribution in [0.4, 0.5) is 16.2 Å². The number of hydrogen-bond donors (Lipinski definition) is 3. The zero-order chi connectivity index (χ0) is 17.4. The minimum atomic E-state index is -0.568. The molecule has 0 saturated heterocycles. The zero-order valence-corrected chi connectivity index (χ0v) is 13.4. The lowest BCUT2D eigenvalue weighted by molar-refractivity contribution is 0.626. The maximum absolute atomic E-state index is 13.1. The predicted molar refractivity (Wildman–Crippen MR) is 92.0 cm³/mol. The van der Waals surface area contributed by atoms with Gasteiger partial charge in [0.15, 0.2) is 11.6 Å². The van der Waals surface area contributed by atoms with Crippen LogP contribution in [0.2, 0.25) is 0 Å². The lowest BCUT2D eigenvalue weighted by Crippen LogP contribution is -2.17. The molecule has 4 aromatic rings. The van der Waals surface area contributed by atoms with E-state index in [0.29, 0.717) is 23.2 Å². The van der Waals surface area contributed by atoms with Crippen LogP contribution in [0, 0.1) is 12.7 Å². The number of benzene rings is 1. The second-order valence-electron chi connectivity index (χ2n) is 5.73. The SMILES string of the molecule is Cc1cc(Nc2nc(C(N)c3ccc(F)cc3)nc3cccn23)n[nH]1. The molecule has 4 N–H and O–H groups in total. The highest BCUT2D eigenvalue weighted by atomic mass is 19.1. The molecule has 0 saturated carbocycles. The summed E-state index contributed by atoms with van der Waals surface area (Å²) < 4.78 is 14.9. The van der Waals surface area contributed by atoms with Crippen molar-refractivity contribution >= 4 is 17.4 Å². The van der Waals surface area contributed by atoms with Gasteiger partial charge in [0, 0.05) is 18.0 Å². The Morgan fingerprint density at radius 2 is 2.00 bits per heavy atom. The van der Waals surface area contributed by atoms with E-state index in [2.05, 4.69) is 25.5 Å². The number of nitrogens with one attached hydrogen (secondary N) is 2. The second kappa shape index (κ2) is 5.99. The van der Waals surface area contributed by atoms with Crippen molar-refractivity contribution in [3.8, 4) is 0 Å². The van der Waals surface area contributed by atoms with Crippen molar-refractivity contribution in [2.24, 2.45) is 5.73 Å². The molecule has 7 nitrogen and oxygen atoms in total. The Morgan fingerprint density at radius 3 is 2.72 bits per heavy atom. The molecular weight excluding hydrogens is 321 g/mol. The number of nitrogens with zero attached hydrogens (tertiary/aromatic N) is 4. The molecule has 0 aliphatic rings. The van der Waals surface area contributed by atoms with Gasteiger partial charge in [-0.15, -0.1) is 0 Å². The molecule has 3 aromatic heterocycles. The maximum atomic E-state index is 13.1. The molecule has 0 aliphatic heterocycles. The molecular formula is C17H16FN7. The second-order valence-corrected chi connectivity index (χ2v) is 5.73. The van der Waals surface area contributed by atoms with Gasteiger partial charge in [-0.3, -0.25) is 9.50 Å². The van der Waals surface area contributed by atoms with Gasteiger partial charge in [0.2, 0.25) is 5.95 Å². The Hall–Kier alpha value is -3.26. The van der Waals surface area contributed by atoms with Crippen molar-refractivity contribution < 1.29 is 4.39 Å². The molecule has 0 fully saturated rings. The van der Waals surface area contributed by atoms with Gasteiger partial charge in [-0.05, 0) is 36.8 Å². The molecule has 25 heavy (non-hydrogen) atoms. The van der Waals surface area contributed by atoms with Crippen molar-refractivity contribution in [3.05, 3.63) is 71.6 Å². The van der Waals surface area contributed by atoms with Gasteiger partial charge in [-0.25, -0.2) is 9.37 Å². The number of fused-ring (bicyclic) bond motifs is 1. The third-order valence-electron chi connectivity index (χ3n) is 3.86. The number of aromatic amines is 1. The molecule has 1 unspecified atom stereocenters. The standard InChI is InChI=1S/C17H16FN7/c1-10-9-13(24-23-10)20-17-22-16(21-14-3-2-8-25(14)17)15(19)11-4-6-12(18)7-5-11/h2-9,15H,19H2,1H3,(H2,20,21,22,23,24). The lowest BCUT2D eigenvalue weighted by atomic mass is 10.1. The quantitative estimate of drug-likeness (QED) is 0.532. The van der Waals surface area contributed by atoms with Crippen molar-refractivity contribution in [2.75, 3.05) is 5.32 Å². The highest BCUT2D eigenvalue weighted by Crippen LogP contribution is 2.21. The molecule has 4 rings (SSSR count). The summed E-state index contributed by atoms with van der Waals surface area (Å²) in [6, 6.07) is 11.1. The summed E-state index contributed by atoms with van der Waals surface area (Å²) in [5.41, 5.74) is 8.66. The summed E-state index contributed by atoms with van der Waals surface area (Å²) in [5, 5.41) is 10.2. The van der Waals surface area contributed by atoms with E-state index in [4.69, 9.17) is 5.73 Å². The van der Waals surface area contributed by atoms with E-state index in [1.165, 1.54) is 12.1 Å². The van der Waals surface area contributed by atoms with Crippen LogP contribution < -0.4 is 11.1 Å². The molecule has 1 aromatic carbocycles. The van der Waals surface area contributed by atoms with E-state index in [1.54, 1.807) is 12.1 Å². The number of aromatic nitrogens is 5. The monoisotopic (exact) mass is 337 g/mol. The van der Waals surface area contributed by atoms with E-state index in [9.17, 15) is 4.39 Å². The first-order valence-corrected chi connectivity index (χ1v) is 7.75. The van der Waals surface area contributed by atoms with Gasteiger partial charge < -0.3 is 11.1 Å². The molecule has 0 spiro atoms. The van der Waals surface area contributed by atoms with Crippen LogP contribution in [0.1, 0.15) is 23.1 Å². The molecule has 126 valence electrons. The smallest absolute Gasteiger partial charge is 0.216 e. The van der Waals surface area contributed by atoms with Crippen LogP contribution in [0.3, 0.4) is 0 Å². The number of halogens is 1. The minimum Gasteiger partial charge on any atom is -0.318 e. The van der Waals surface area contributed by atoms with E-state index >= 15 is 0 Å². The summed E-state index contributed by atoms with van der Waals surface area (Å²) in [7, 11) is 0. The number of aryl methyl sites for hydroxylation is 1. The van der Waals surface area contributed by atoms with E-state index in [1.807, 2.05) is 35.7 Å². The van der Waals surface area contributed by atoms with Crippen molar-refractivity contribution in [1.82, 2.24) is 24.6 Å². The molecule has 0 bridgehead atoms. The van der Waals surface area contributed by atoms with E-state index in [0.717, 1.165) is 11.3 Å². The van der Waals surface area contributed by atoms with Gasteiger partial charge in [0.05, 0.1) is 6.04 Å². The predicted octanol–water partition coefficient (Wildman–Crippen LogP) is 2.69. The number of anilines is 2. The highest BCUT2D eigenvalue weighted by Gasteiger charge is 2.16. The van der Waals surface area contributed by atoms with E-state index < -0.39 is 6.04 Å². The highest BCUT2D eigenvalue weighted by molar-refractivity contribution is 5.54. The fraction of sp³-hybridized carbons (Fsp3) is 0.118. The largest absolute Gasteiger partial charge is 0.318 e. The summed E-state index contributed by atoms with van der Waals surface area (Å²) in [4.78, 5) is 9.05. The van der Waals surface area contributed by atoms with Gasteiger partial charge in [-0.2, -0.15) is 10.1 Å². The van der Waals surface area contributed by atoms with Gasteiger partial charge in [0.1, 0.15) is 11.5 Å². The summed E-state index contributed by atoms with van der Waals surface area (Å²) in [6.07, 6.45) is 1.85. The first-order chi connectivity index (χ1) is 12.1. The van der Waals surface area contributed by atoms with Crippen LogP contribution >= 0.6 is 0 Å². The molecule has 1 atom stereocenters. The molecule has 3 heterocycles. The third-order valence-corrected chi connectivity index (χ3v) is 3.86. The molecule has 8 heteroatoms. The average Bonchev–Trinajstić information content (AvgIpc) is 3.23. The summed E-state index contributed by atoms with van der Waals surface area (Å²) in [6.45, 7) is 1.92. The van der Waals surface area contributed by atoms with Gasteiger partial charge in [-0.1, -0.05) is 12.1 Å². The fourth-order valence-corrected chi connectivity index (χ4v) is 2.59. The first-order valence-electron chi connectivity index (χ1n) is 7.75. The Balaban J connectivity index is 1.75. The topological polar surface area (TPSA) is 96.9 Å². The first kappa shape index (κ1) is 15.3. The normalized spacial score (nSPS) is 12.4. The Morgan fingerprint density at radius 1 is 1.20 bits per heavy atom. The van der Waals surface area contributed by atoms with Crippen molar-refractivity contribution in [1.29, 1.82) is 0 Å². The zero-order valence-electron chi connectivity index (χ0n) is 13.4. The Labute approximate surface area is 142 Å². The summed E-state index contributed by atoms with van der Waals surface area (Å²) in [5.74, 6) is 1.32. The summed E-state index contributed by atoms with van der Waals surface area (Å²) >= 11 is 0. The maximum Gasteiger partial charge on any atom is 0.216 e. The van der Waals surface area contributed by atoms with Crippen LogP contribution in [0.25, 0.3) is 5.65 Å². The van der Waals surface area contributed by atoms with Crippen molar-refractivity contribution in [2.45, 2.75) is 13.0 Å². The van der Waals surface area contributed by atoms with Gasteiger partial charge in [0.25, 0.3) is 0 Å². The fourth-order valence-electron chi connectivity index (χ4n) is 2.59. The number of rotatable bonds is 4. The number of nitrogens with two attached hydrogens (primary N) is 1. The number of H-pyrrole nitrogens is 1. The van der Waals surface area contributed by atoms with Crippen LogP contribution in [0.5, 0.6) is 0 Å². The number of hydrogen-bond acceptors (Lipinski definition) is 5. The van der Waals surface area contributed by atoms with Crippen LogP contribution in [0.15, 0.2) is 48.7 Å².